The van der Waals surface area contributed by atoms with Gasteiger partial charge in [-0.15, -0.1) is 0 Å². The number of rotatable bonds is 6. The predicted molar refractivity (Wildman–Crippen MR) is 148 cm³/mol. The molecule has 2 aromatic carbocycles. The first-order valence-electron chi connectivity index (χ1n) is 14.1. The standard InChI is InChI=1S/C31H44N4O/c1-20-15-21(2)25(22(3)16-20)18-27(32)31(36)34-29-12-13-33-28-11-10-23(17-26(28)29)19-35-14-6-8-24-7-4-5-9-30(24)35/h10-11,15-17,24,27,29-30,33H,4-9,12-14,18-19,32H2,1-3H3,(H,34,36)/t24-,27?,29?,30+/m1/s1. The number of amides is 1. The van der Waals surface area contributed by atoms with E-state index in [1.165, 1.54) is 78.5 Å². The Morgan fingerprint density at radius 3 is 2.61 bits per heavy atom. The molecule has 0 aromatic heterocycles. The van der Waals surface area contributed by atoms with Gasteiger partial charge in [0.2, 0.25) is 5.91 Å². The molecule has 4 atom stereocenters. The summed E-state index contributed by atoms with van der Waals surface area (Å²) < 4.78 is 0. The molecule has 4 N–H and O–H groups in total. The van der Waals surface area contributed by atoms with Crippen LogP contribution in [0.15, 0.2) is 30.3 Å². The third kappa shape index (κ3) is 5.47. The van der Waals surface area contributed by atoms with Gasteiger partial charge in [-0.3, -0.25) is 9.69 Å². The van der Waals surface area contributed by atoms with Crippen LogP contribution in [0, 0.1) is 26.7 Å². The Hall–Kier alpha value is -2.37. The van der Waals surface area contributed by atoms with Crippen LogP contribution in [0.1, 0.15) is 84.4 Å². The smallest absolute Gasteiger partial charge is 0.237 e. The number of nitrogens with one attached hydrogen (secondary N) is 2. The second-order valence-corrected chi connectivity index (χ2v) is 11.6. The van der Waals surface area contributed by atoms with Gasteiger partial charge >= 0.3 is 0 Å². The molecule has 5 nitrogen and oxygen atoms in total. The van der Waals surface area contributed by atoms with Crippen molar-refractivity contribution in [3.8, 4) is 0 Å². The van der Waals surface area contributed by atoms with Crippen molar-refractivity contribution in [1.82, 2.24) is 10.2 Å². The van der Waals surface area contributed by atoms with E-state index in [1.807, 2.05) is 0 Å². The fraction of sp³-hybridized carbons (Fsp3) is 0.581. The number of hydrogen-bond acceptors (Lipinski definition) is 4. The van der Waals surface area contributed by atoms with E-state index in [9.17, 15) is 4.79 Å². The fourth-order valence-corrected chi connectivity index (χ4v) is 7.10. The number of piperidine rings is 1. The largest absolute Gasteiger partial charge is 0.385 e. The van der Waals surface area contributed by atoms with E-state index in [0.29, 0.717) is 6.42 Å². The molecule has 1 saturated heterocycles. The number of carbonyl (C=O) groups is 1. The zero-order chi connectivity index (χ0) is 25.2. The maximum atomic E-state index is 13.2. The first-order valence-corrected chi connectivity index (χ1v) is 14.1. The zero-order valence-electron chi connectivity index (χ0n) is 22.4. The lowest BCUT2D eigenvalue weighted by molar-refractivity contribution is -0.123. The van der Waals surface area contributed by atoms with Gasteiger partial charge < -0.3 is 16.4 Å². The van der Waals surface area contributed by atoms with Crippen molar-refractivity contribution < 1.29 is 4.79 Å². The van der Waals surface area contributed by atoms with E-state index in [-0.39, 0.29) is 11.9 Å². The van der Waals surface area contributed by atoms with Gasteiger partial charge in [0.05, 0.1) is 12.1 Å². The van der Waals surface area contributed by atoms with Crippen molar-refractivity contribution in [3.05, 3.63) is 63.7 Å². The van der Waals surface area contributed by atoms with Crippen LogP contribution in [0.4, 0.5) is 5.69 Å². The molecule has 1 amide bonds. The minimum absolute atomic E-state index is 0.00347. The number of aryl methyl sites for hydroxylation is 3. The molecule has 0 radical (unpaired) electrons. The highest BCUT2D eigenvalue weighted by molar-refractivity contribution is 5.82. The number of likely N-dealkylation sites (tertiary alicyclic amines) is 1. The van der Waals surface area contributed by atoms with Crippen LogP contribution in [-0.2, 0) is 17.8 Å². The molecule has 1 aliphatic carbocycles. The van der Waals surface area contributed by atoms with Crippen molar-refractivity contribution in [2.24, 2.45) is 11.7 Å². The van der Waals surface area contributed by atoms with Gasteiger partial charge in [0.15, 0.2) is 0 Å². The van der Waals surface area contributed by atoms with Crippen molar-refractivity contribution in [1.29, 1.82) is 0 Å². The molecule has 36 heavy (non-hydrogen) atoms. The number of anilines is 1. The molecule has 2 fully saturated rings. The SMILES string of the molecule is Cc1cc(C)c(CC(N)C(=O)NC2CCNc3ccc(CN4CCC[C@H]5CCCC[C@@H]54)cc32)c(C)c1. The topological polar surface area (TPSA) is 70.4 Å². The van der Waals surface area contributed by atoms with Crippen LogP contribution in [0.25, 0.3) is 0 Å². The molecule has 2 aliphatic heterocycles. The Kier molecular flexibility index (Phi) is 7.68. The molecule has 2 aromatic rings. The average Bonchev–Trinajstić information content (AvgIpc) is 2.86. The summed E-state index contributed by atoms with van der Waals surface area (Å²) in [4.78, 5) is 15.9. The molecule has 5 heteroatoms. The summed E-state index contributed by atoms with van der Waals surface area (Å²) in [6.45, 7) is 9.42. The van der Waals surface area contributed by atoms with Crippen LogP contribution in [-0.4, -0.2) is 36.0 Å². The summed E-state index contributed by atoms with van der Waals surface area (Å²) >= 11 is 0. The monoisotopic (exact) mass is 488 g/mol. The number of fused-ring (bicyclic) bond motifs is 2. The summed E-state index contributed by atoms with van der Waals surface area (Å²) in [7, 11) is 0. The Bertz CT molecular complexity index is 1070. The lowest BCUT2D eigenvalue weighted by Gasteiger charge is -2.44. The van der Waals surface area contributed by atoms with Crippen molar-refractivity contribution in [2.75, 3.05) is 18.4 Å². The van der Waals surface area contributed by atoms with Crippen LogP contribution < -0.4 is 16.4 Å². The first-order chi connectivity index (χ1) is 17.4. The van der Waals surface area contributed by atoms with E-state index in [0.717, 1.165) is 37.2 Å². The van der Waals surface area contributed by atoms with E-state index >= 15 is 0 Å². The van der Waals surface area contributed by atoms with Crippen LogP contribution in [0.2, 0.25) is 0 Å². The summed E-state index contributed by atoms with van der Waals surface area (Å²) in [6.07, 6.45) is 9.73. The Morgan fingerprint density at radius 1 is 1.06 bits per heavy atom. The molecule has 2 unspecified atom stereocenters. The highest BCUT2D eigenvalue weighted by atomic mass is 16.2. The Morgan fingerprint density at radius 2 is 1.81 bits per heavy atom. The Labute approximate surface area is 217 Å². The van der Waals surface area contributed by atoms with E-state index < -0.39 is 6.04 Å². The summed E-state index contributed by atoms with van der Waals surface area (Å²) in [6, 6.07) is 11.4. The minimum Gasteiger partial charge on any atom is -0.385 e. The first kappa shape index (κ1) is 25.3. The number of benzene rings is 2. The quantitative estimate of drug-likeness (QED) is 0.515. The number of nitrogens with two attached hydrogens (primary N) is 1. The van der Waals surface area contributed by atoms with Gasteiger partial charge in [-0.25, -0.2) is 0 Å². The van der Waals surface area contributed by atoms with Gasteiger partial charge in [-0.2, -0.15) is 0 Å². The minimum atomic E-state index is -0.553. The third-order valence-corrected chi connectivity index (χ3v) is 8.90. The number of nitrogens with zero attached hydrogens (tertiary/aromatic N) is 1. The maximum Gasteiger partial charge on any atom is 0.237 e. The third-order valence-electron chi connectivity index (χ3n) is 8.90. The van der Waals surface area contributed by atoms with Crippen LogP contribution >= 0.6 is 0 Å². The molecule has 2 heterocycles. The average molecular weight is 489 g/mol. The lowest BCUT2D eigenvalue weighted by atomic mass is 9.78. The summed E-state index contributed by atoms with van der Waals surface area (Å²) in [5.74, 6) is 0.833. The second kappa shape index (κ2) is 10.9. The van der Waals surface area contributed by atoms with E-state index in [2.05, 4.69) is 66.6 Å². The maximum absolute atomic E-state index is 13.2. The zero-order valence-corrected chi connectivity index (χ0v) is 22.4. The highest BCUT2D eigenvalue weighted by Crippen LogP contribution is 2.37. The lowest BCUT2D eigenvalue weighted by Crippen LogP contribution is -2.46. The van der Waals surface area contributed by atoms with Crippen LogP contribution in [0.5, 0.6) is 0 Å². The molecule has 1 saturated carbocycles. The summed E-state index contributed by atoms with van der Waals surface area (Å²) in [5.41, 5.74) is 15.0. The molecule has 0 bridgehead atoms. The normalized spacial score (nSPS) is 24.8. The molecular formula is C31H44N4O. The number of carbonyl (C=O) groups excluding carboxylic acids is 1. The van der Waals surface area contributed by atoms with Crippen molar-refractivity contribution in [3.63, 3.8) is 0 Å². The molecule has 194 valence electrons. The summed E-state index contributed by atoms with van der Waals surface area (Å²) in [5, 5.41) is 6.84. The number of hydrogen-bond donors (Lipinski definition) is 3. The van der Waals surface area contributed by atoms with Gasteiger partial charge in [0.1, 0.15) is 0 Å². The van der Waals surface area contributed by atoms with E-state index in [1.54, 1.807) is 0 Å². The van der Waals surface area contributed by atoms with E-state index in [4.69, 9.17) is 5.73 Å². The molecular weight excluding hydrogens is 444 g/mol. The fourth-order valence-electron chi connectivity index (χ4n) is 7.10. The Balaban J connectivity index is 1.27. The molecule has 0 spiro atoms. The molecule has 3 aliphatic rings. The van der Waals surface area contributed by atoms with Crippen molar-refractivity contribution >= 4 is 11.6 Å². The van der Waals surface area contributed by atoms with Gasteiger partial charge in [-0.1, -0.05) is 42.7 Å². The molecule has 5 rings (SSSR count). The van der Waals surface area contributed by atoms with Crippen LogP contribution in [0.3, 0.4) is 0 Å². The predicted octanol–water partition coefficient (Wildman–Crippen LogP) is 5.31. The van der Waals surface area contributed by atoms with Gasteiger partial charge in [-0.05, 0) is 106 Å². The van der Waals surface area contributed by atoms with Gasteiger partial charge in [0, 0.05) is 24.8 Å². The second-order valence-electron chi connectivity index (χ2n) is 11.6. The van der Waals surface area contributed by atoms with Gasteiger partial charge in [0.25, 0.3) is 0 Å². The van der Waals surface area contributed by atoms with Crippen molar-refractivity contribution in [2.45, 2.75) is 96.8 Å². The highest BCUT2D eigenvalue weighted by Gasteiger charge is 2.33.